The minimum absolute atomic E-state index is 0.0576. The molecule has 0 spiro atoms. The molecule has 2 atom stereocenters. The van der Waals surface area contributed by atoms with Crippen LogP contribution in [0.1, 0.15) is 12.0 Å². The van der Waals surface area contributed by atoms with Crippen molar-refractivity contribution in [2.45, 2.75) is 6.42 Å². The highest BCUT2D eigenvalue weighted by Gasteiger charge is 2.49. The van der Waals surface area contributed by atoms with Crippen LogP contribution in [-0.4, -0.2) is 18.7 Å². The van der Waals surface area contributed by atoms with Gasteiger partial charge < -0.3 is 4.74 Å². The van der Waals surface area contributed by atoms with Gasteiger partial charge in [0, 0.05) is 11.8 Å². The van der Waals surface area contributed by atoms with Crippen molar-refractivity contribution in [2.24, 2.45) is 16.9 Å². The molecule has 4 nitrogen and oxygen atoms in total. The van der Waals surface area contributed by atoms with Crippen molar-refractivity contribution in [3.8, 4) is 5.75 Å². The number of benzene rings is 1. The van der Waals surface area contributed by atoms with Crippen LogP contribution >= 0.6 is 0 Å². The number of rotatable bonds is 2. The molecule has 16 heavy (non-hydrogen) atoms. The lowest BCUT2D eigenvalue weighted by molar-refractivity contribution is -0.122. The number of hydrogen-bond donors (Lipinski definition) is 1. The summed E-state index contributed by atoms with van der Waals surface area (Å²) in [6, 6.07) is 7.77. The number of nitrogens with one attached hydrogen (secondary N) is 1. The lowest BCUT2D eigenvalue weighted by Crippen LogP contribution is -2.28. The monoisotopic (exact) mass is 216 g/mol. The number of amides is 1. The second-order valence-electron chi connectivity index (χ2n) is 4.15. The first-order valence-corrected chi connectivity index (χ1v) is 5.31. The Hall–Kier alpha value is -1.84. The van der Waals surface area contributed by atoms with Crippen LogP contribution in [-0.2, 0) is 4.79 Å². The van der Waals surface area contributed by atoms with Gasteiger partial charge in [0.05, 0.1) is 12.8 Å². The summed E-state index contributed by atoms with van der Waals surface area (Å²) in [4.78, 5) is 11.3. The van der Waals surface area contributed by atoms with E-state index in [0.29, 0.717) is 5.92 Å². The van der Waals surface area contributed by atoms with Crippen molar-refractivity contribution in [1.82, 2.24) is 5.43 Å². The topological polar surface area (TPSA) is 50.7 Å². The second-order valence-corrected chi connectivity index (χ2v) is 4.15. The Morgan fingerprint density at radius 1 is 1.31 bits per heavy atom. The molecule has 2 aliphatic rings. The molecule has 2 unspecified atom stereocenters. The highest BCUT2D eigenvalue weighted by atomic mass is 16.5. The fourth-order valence-corrected chi connectivity index (χ4v) is 2.11. The molecule has 3 rings (SSSR count). The summed E-state index contributed by atoms with van der Waals surface area (Å²) < 4.78 is 5.10. The zero-order chi connectivity index (χ0) is 11.1. The maximum Gasteiger partial charge on any atom is 0.243 e. The Balaban J connectivity index is 1.90. The molecule has 1 amide bonds. The standard InChI is InChI=1S/C12H12N2O2/c1-16-8-4-2-7(3-5-8)11-9-6-10(9)12(15)14-13-11/h2-5,9-10H,6H2,1H3,(H,14,15). The van der Waals surface area contributed by atoms with E-state index in [9.17, 15) is 4.79 Å². The number of carbonyl (C=O) groups excluding carboxylic acids is 1. The zero-order valence-electron chi connectivity index (χ0n) is 8.93. The van der Waals surface area contributed by atoms with Gasteiger partial charge in [-0.1, -0.05) is 0 Å². The van der Waals surface area contributed by atoms with Crippen molar-refractivity contribution in [2.75, 3.05) is 7.11 Å². The minimum atomic E-state index is 0.0576. The Morgan fingerprint density at radius 2 is 2.06 bits per heavy atom. The minimum Gasteiger partial charge on any atom is -0.497 e. The van der Waals surface area contributed by atoms with Gasteiger partial charge in [-0.15, -0.1) is 0 Å². The molecule has 1 aromatic rings. The Kier molecular flexibility index (Phi) is 1.96. The number of fused-ring (bicyclic) bond motifs is 1. The summed E-state index contributed by atoms with van der Waals surface area (Å²) in [6.07, 6.45) is 0.927. The number of methoxy groups -OCH3 is 1. The van der Waals surface area contributed by atoms with E-state index in [2.05, 4.69) is 10.5 Å². The van der Waals surface area contributed by atoms with E-state index in [-0.39, 0.29) is 11.8 Å². The molecule has 0 bridgehead atoms. The van der Waals surface area contributed by atoms with Crippen LogP contribution in [0.4, 0.5) is 0 Å². The summed E-state index contributed by atoms with van der Waals surface area (Å²) in [5, 5.41) is 4.14. The van der Waals surface area contributed by atoms with E-state index >= 15 is 0 Å². The Bertz CT molecular complexity index is 464. The Labute approximate surface area is 93.3 Å². The fraction of sp³-hybridized carbons (Fsp3) is 0.333. The van der Waals surface area contributed by atoms with Gasteiger partial charge in [0.2, 0.25) is 5.91 Å². The molecular formula is C12H12N2O2. The van der Waals surface area contributed by atoms with Gasteiger partial charge in [0.1, 0.15) is 5.75 Å². The fourth-order valence-electron chi connectivity index (χ4n) is 2.11. The molecule has 0 radical (unpaired) electrons. The highest BCUT2D eigenvalue weighted by Crippen LogP contribution is 2.43. The number of ether oxygens (including phenoxy) is 1. The van der Waals surface area contributed by atoms with E-state index < -0.39 is 0 Å². The van der Waals surface area contributed by atoms with Crippen molar-refractivity contribution in [3.63, 3.8) is 0 Å². The lowest BCUT2D eigenvalue weighted by atomic mass is 10.0. The molecule has 0 saturated heterocycles. The molecular weight excluding hydrogens is 204 g/mol. The maximum absolute atomic E-state index is 11.3. The average Bonchev–Trinajstić information content (AvgIpc) is 3.11. The van der Waals surface area contributed by atoms with Crippen molar-refractivity contribution >= 4 is 11.6 Å². The Morgan fingerprint density at radius 3 is 2.75 bits per heavy atom. The number of hydrazone groups is 1. The predicted molar refractivity (Wildman–Crippen MR) is 59.3 cm³/mol. The maximum atomic E-state index is 11.3. The van der Waals surface area contributed by atoms with Gasteiger partial charge in [-0.2, -0.15) is 5.10 Å². The third-order valence-electron chi connectivity index (χ3n) is 3.15. The predicted octanol–water partition coefficient (Wildman–Crippen LogP) is 1.17. The molecule has 1 aliphatic carbocycles. The molecule has 4 heteroatoms. The third-order valence-corrected chi connectivity index (χ3v) is 3.15. The highest BCUT2D eigenvalue weighted by molar-refractivity contribution is 6.09. The second kappa shape index (κ2) is 3.33. The first-order valence-electron chi connectivity index (χ1n) is 5.31. The average molecular weight is 216 g/mol. The van der Waals surface area contributed by atoms with E-state index in [1.165, 1.54) is 0 Å². The molecule has 1 heterocycles. The molecule has 82 valence electrons. The number of nitrogens with zero attached hydrogens (tertiary/aromatic N) is 1. The van der Waals surface area contributed by atoms with Crippen LogP contribution < -0.4 is 10.2 Å². The normalized spacial score (nSPS) is 26.6. The molecule has 1 N–H and O–H groups in total. The SMILES string of the molecule is COc1ccc(C2=NNC(=O)C3CC23)cc1. The van der Waals surface area contributed by atoms with E-state index in [0.717, 1.165) is 23.4 Å². The van der Waals surface area contributed by atoms with E-state index in [4.69, 9.17) is 4.74 Å². The van der Waals surface area contributed by atoms with Crippen LogP contribution in [0.5, 0.6) is 5.75 Å². The van der Waals surface area contributed by atoms with Crippen molar-refractivity contribution < 1.29 is 9.53 Å². The third kappa shape index (κ3) is 1.38. The zero-order valence-corrected chi connectivity index (χ0v) is 8.93. The summed E-state index contributed by atoms with van der Waals surface area (Å²) in [5.41, 5.74) is 4.62. The van der Waals surface area contributed by atoms with E-state index in [1.54, 1.807) is 7.11 Å². The van der Waals surface area contributed by atoms with Crippen molar-refractivity contribution in [3.05, 3.63) is 29.8 Å². The summed E-state index contributed by atoms with van der Waals surface area (Å²) in [6.45, 7) is 0. The molecule has 1 aliphatic heterocycles. The summed E-state index contributed by atoms with van der Waals surface area (Å²) in [5.74, 6) is 1.36. The van der Waals surface area contributed by atoms with Crippen LogP contribution in [0.3, 0.4) is 0 Å². The first-order chi connectivity index (χ1) is 7.79. The number of hydrogen-bond acceptors (Lipinski definition) is 3. The number of carbonyl (C=O) groups is 1. The van der Waals surface area contributed by atoms with Gasteiger partial charge in [-0.3, -0.25) is 4.79 Å². The van der Waals surface area contributed by atoms with E-state index in [1.807, 2.05) is 24.3 Å². The molecule has 1 saturated carbocycles. The quantitative estimate of drug-likeness (QED) is 0.806. The summed E-state index contributed by atoms with van der Waals surface area (Å²) in [7, 11) is 1.64. The van der Waals surface area contributed by atoms with Gasteiger partial charge in [-0.25, -0.2) is 5.43 Å². The molecule has 1 fully saturated rings. The smallest absolute Gasteiger partial charge is 0.243 e. The van der Waals surface area contributed by atoms with Crippen LogP contribution in [0, 0.1) is 11.8 Å². The van der Waals surface area contributed by atoms with Crippen LogP contribution in [0.15, 0.2) is 29.4 Å². The van der Waals surface area contributed by atoms with Crippen LogP contribution in [0.25, 0.3) is 0 Å². The first kappa shape index (κ1) is 9.39. The van der Waals surface area contributed by atoms with Gasteiger partial charge in [0.15, 0.2) is 0 Å². The lowest BCUT2D eigenvalue weighted by Gasteiger charge is -2.11. The van der Waals surface area contributed by atoms with Gasteiger partial charge in [-0.05, 0) is 36.2 Å². The largest absolute Gasteiger partial charge is 0.497 e. The van der Waals surface area contributed by atoms with Crippen molar-refractivity contribution in [1.29, 1.82) is 0 Å². The summed E-state index contributed by atoms with van der Waals surface area (Å²) >= 11 is 0. The van der Waals surface area contributed by atoms with Gasteiger partial charge in [0.25, 0.3) is 0 Å². The van der Waals surface area contributed by atoms with Gasteiger partial charge >= 0.3 is 0 Å². The molecule has 0 aromatic heterocycles. The molecule has 1 aromatic carbocycles. The van der Waals surface area contributed by atoms with Crippen LogP contribution in [0.2, 0.25) is 0 Å².